The van der Waals surface area contributed by atoms with E-state index >= 15 is 0 Å². The molecule has 1 aliphatic heterocycles. The van der Waals surface area contributed by atoms with Crippen LogP contribution in [0.25, 0.3) is 0 Å². The number of allylic oxidation sites excluding steroid dienone is 1. The molecule has 0 aromatic carbocycles. The van der Waals surface area contributed by atoms with E-state index in [-0.39, 0.29) is 0 Å². The van der Waals surface area contributed by atoms with Crippen molar-refractivity contribution in [1.82, 2.24) is 4.90 Å². The van der Waals surface area contributed by atoms with Gasteiger partial charge in [0.1, 0.15) is 6.29 Å². The second-order valence-corrected chi connectivity index (χ2v) is 2.22. The normalized spacial score (nSPS) is 19.3. The summed E-state index contributed by atoms with van der Waals surface area (Å²) in [5, 5.41) is 0. The van der Waals surface area contributed by atoms with E-state index in [0.29, 0.717) is 0 Å². The van der Waals surface area contributed by atoms with Crippen LogP contribution in [-0.2, 0) is 4.79 Å². The Morgan fingerprint density at radius 1 is 1.22 bits per heavy atom. The van der Waals surface area contributed by atoms with Crippen LogP contribution in [0.15, 0.2) is 12.3 Å². The summed E-state index contributed by atoms with van der Waals surface area (Å²) in [6, 6.07) is 0. The fourth-order valence-corrected chi connectivity index (χ4v) is 1.05. The van der Waals surface area contributed by atoms with Gasteiger partial charge in [-0.15, -0.1) is 0 Å². The minimum Gasteiger partial charge on any atom is -0.377 e. The lowest BCUT2D eigenvalue weighted by Gasteiger charge is -2.08. The Morgan fingerprint density at radius 2 is 1.89 bits per heavy atom. The summed E-state index contributed by atoms with van der Waals surface area (Å²) in [6.45, 7) is 2.23. The van der Waals surface area contributed by atoms with E-state index in [1.165, 1.54) is 12.8 Å². The van der Waals surface area contributed by atoms with Gasteiger partial charge in [-0.1, -0.05) is 0 Å². The van der Waals surface area contributed by atoms with Crippen molar-refractivity contribution >= 4 is 6.29 Å². The van der Waals surface area contributed by atoms with Crippen LogP contribution >= 0.6 is 0 Å². The number of hydrogen-bond donors (Lipinski definition) is 0. The highest BCUT2D eigenvalue weighted by atomic mass is 16.1. The molecule has 50 valence electrons. The van der Waals surface area contributed by atoms with Crippen molar-refractivity contribution in [3.05, 3.63) is 12.3 Å². The fourth-order valence-electron chi connectivity index (χ4n) is 1.05. The Morgan fingerprint density at radius 3 is 2.44 bits per heavy atom. The minimum absolute atomic E-state index is 0.818. The Balaban J connectivity index is 2.25. The lowest BCUT2D eigenvalue weighted by atomic mass is 10.4. The number of aldehydes is 1. The molecule has 0 aromatic rings. The van der Waals surface area contributed by atoms with Crippen LogP contribution in [-0.4, -0.2) is 24.3 Å². The molecule has 2 heteroatoms. The molecule has 1 fully saturated rings. The van der Waals surface area contributed by atoms with Crippen molar-refractivity contribution in [1.29, 1.82) is 0 Å². The van der Waals surface area contributed by atoms with E-state index < -0.39 is 0 Å². The van der Waals surface area contributed by atoms with Crippen molar-refractivity contribution in [2.45, 2.75) is 12.8 Å². The molecule has 0 saturated carbocycles. The topological polar surface area (TPSA) is 20.3 Å². The molecule has 0 radical (unpaired) electrons. The van der Waals surface area contributed by atoms with Crippen LogP contribution in [0.1, 0.15) is 12.8 Å². The number of carbonyl (C=O) groups is 1. The SMILES string of the molecule is O=CC=CN1CCCC1. The van der Waals surface area contributed by atoms with Gasteiger partial charge in [0.2, 0.25) is 0 Å². The predicted octanol–water partition coefficient (Wildman–Crippen LogP) is 0.795. The second-order valence-electron chi connectivity index (χ2n) is 2.22. The molecule has 0 aromatic heterocycles. The van der Waals surface area contributed by atoms with Gasteiger partial charge in [0, 0.05) is 19.3 Å². The molecule has 0 unspecified atom stereocenters. The van der Waals surface area contributed by atoms with E-state index in [0.717, 1.165) is 19.4 Å². The fraction of sp³-hybridized carbons (Fsp3) is 0.571. The lowest BCUT2D eigenvalue weighted by Crippen LogP contribution is -2.10. The molecule has 0 bridgehead atoms. The van der Waals surface area contributed by atoms with Gasteiger partial charge in [0.05, 0.1) is 0 Å². The molecule has 9 heavy (non-hydrogen) atoms. The summed E-state index contributed by atoms with van der Waals surface area (Å²) >= 11 is 0. The van der Waals surface area contributed by atoms with Gasteiger partial charge in [0.25, 0.3) is 0 Å². The van der Waals surface area contributed by atoms with Crippen LogP contribution in [0.4, 0.5) is 0 Å². The molecule has 2 nitrogen and oxygen atoms in total. The molecule has 1 saturated heterocycles. The van der Waals surface area contributed by atoms with Gasteiger partial charge in [-0.25, -0.2) is 0 Å². The predicted molar refractivity (Wildman–Crippen MR) is 36.0 cm³/mol. The molecule has 0 N–H and O–H groups in total. The highest BCUT2D eigenvalue weighted by Crippen LogP contribution is 2.06. The summed E-state index contributed by atoms with van der Waals surface area (Å²) < 4.78 is 0. The van der Waals surface area contributed by atoms with E-state index in [4.69, 9.17) is 0 Å². The number of carbonyl (C=O) groups excluding carboxylic acids is 1. The van der Waals surface area contributed by atoms with Gasteiger partial charge in [-0.3, -0.25) is 4.79 Å². The minimum atomic E-state index is 0.818. The van der Waals surface area contributed by atoms with Gasteiger partial charge in [0.15, 0.2) is 0 Å². The Hall–Kier alpha value is -0.790. The molecule has 1 aliphatic rings. The van der Waals surface area contributed by atoms with Crippen LogP contribution in [0.5, 0.6) is 0 Å². The van der Waals surface area contributed by atoms with E-state index in [9.17, 15) is 4.79 Å². The summed E-state index contributed by atoms with van der Waals surface area (Å²) in [5.41, 5.74) is 0. The quantitative estimate of drug-likeness (QED) is 0.402. The highest BCUT2D eigenvalue weighted by molar-refractivity contribution is 5.64. The third-order valence-corrected chi connectivity index (χ3v) is 1.52. The summed E-state index contributed by atoms with van der Waals surface area (Å²) in [6.07, 6.45) is 6.76. The van der Waals surface area contributed by atoms with Crippen molar-refractivity contribution in [2.24, 2.45) is 0 Å². The first kappa shape index (κ1) is 6.33. The molecule has 0 aliphatic carbocycles. The van der Waals surface area contributed by atoms with E-state index in [1.807, 2.05) is 6.20 Å². The third-order valence-electron chi connectivity index (χ3n) is 1.52. The average molecular weight is 125 g/mol. The first-order chi connectivity index (χ1) is 4.43. The highest BCUT2D eigenvalue weighted by Gasteiger charge is 2.04. The first-order valence-electron chi connectivity index (χ1n) is 3.29. The average Bonchev–Trinajstić information content (AvgIpc) is 2.34. The van der Waals surface area contributed by atoms with E-state index in [1.54, 1.807) is 6.08 Å². The zero-order valence-electron chi connectivity index (χ0n) is 5.42. The van der Waals surface area contributed by atoms with Gasteiger partial charge in [-0.05, 0) is 18.9 Å². The van der Waals surface area contributed by atoms with Gasteiger partial charge >= 0.3 is 0 Å². The number of nitrogens with zero attached hydrogens (tertiary/aromatic N) is 1. The molecule has 0 atom stereocenters. The van der Waals surface area contributed by atoms with Crippen molar-refractivity contribution in [2.75, 3.05) is 13.1 Å². The zero-order valence-corrected chi connectivity index (χ0v) is 5.42. The van der Waals surface area contributed by atoms with Crippen molar-refractivity contribution < 1.29 is 4.79 Å². The number of likely N-dealkylation sites (tertiary alicyclic amines) is 1. The van der Waals surface area contributed by atoms with E-state index in [2.05, 4.69) is 4.90 Å². The van der Waals surface area contributed by atoms with Crippen molar-refractivity contribution in [3.8, 4) is 0 Å². The zero-order chi connectivity index (χ0) is 6.53. The third kappa shape index (κ3) is 1.88. The maximum Gasteiger partial charge on any atom is 0.144 e. The molecular formula is C7H11NO. The second kappa shape index (κ2) is 3.28. The monoisotopic (exact) mass is 125 g/mol. The van der Waals surface area contributed by atoms with Crippen LogP contribution in [0.3, 0.4) is 0 Å². The molecule has 0 spiro atoms. The Bertz CT molecular complexity index is 114. The summed E-state index contributed by atoms with van der Waals surface area (Å²) in [5.74, 6) is 0. The smallest absolute Gasteiger partial charge is 0.144 e. The van der Waals surface area contributed by atoms with Crippen LogP contribution in [0, 0.1) is 0 Å². The molecule has 0 amide bonds. The van der Waals surface area contributed by atoms with Crippen molar-refractivity contribution in [3.63, 3.8) is 0 Å². The lowest BCUT2D eigenvalue weighted by molar-refractivity contribution is -0.104. The Kier molecular flexibility index (Phi) is 2.31. The molecule has 1 heterocycles. The number of rotatable bonds is 2. The largest absolute Gasteiger partial charge is 0.377 e. The van der Waals surface area contributed by atoms with Crippen LogP contribution < -0.4 is 0 Å². The Labute approximate surface area is 55.2 Å². The maximum absolute atomic E-state index is 9.85. The standard InChI is InChI=1S/C7H11NO/c9-7-3-6-8-4-1-2-5-8/h3,6-7H,1-2,4-5H2. The summed E-state index contributed by atoms with van der Waals surface area (Å²) in [7, 11) is 0. The molecular weight excluding hydrogens is 114 g/mol. The number of hydrogen-bond acceptors (Lipinski definition) is 2. The first-order valence-corrected chi connectivity index (χ1v) is 3.29. The van der Waals surface area contributed by atoms with Gasteiger partial charge in [-0.2, -0.15) is 0 Å². The van der Waals surface area contributed by atoms with Gasteiger partial charge < -0.3 is 4.90 Å². The summed E-state index contributed by atoms with van der Waals surface area (Å²) in [4.78, 5) is 12.0. The maximum atomic E-state index is 9.85. The molecule has 1 rings (SSSR count). The van der Waals surface area contributed by atoms with Crippen LogP contribution in [0.2, 0.25) is 0 Å².